The highest BCUT2D eigenvalue weighted by atomic mass is 16.5. The van der Waals surface area contributed by atoms with Crippen LogP contribution in [0.25, 0.3) is 0 Å². The molecule has 1 aliphatic carbocycles. The summed E-state index contributed by atoms with van der Waals surface area (Å²) in [6, 6.07) is 2.42. The minimum atomic E-state index is 0.0159. The molecule has 2 nitrogen and oxygen atoms in total. The van der Waals surface area contributed by atoms with E-state index in [2.05, 4.69) is 13.0 Å². The van der Waals surface area contributed by atoms with Crippen LogP contribution in [0, 0.1) is 28.6 Å². The van der Waals surface area contributed by atoms with Crippen LogP contribution in [0.5, 0.6) is 0 Å². The zero-order chi connectivity index (χ0) is 8.60. The molecule has 0 spiro atoms. The fourth-order valence-electron chi connectivity index (χ4n) is 2.33. The van der Waals surface area contributed by atoms with Gasteiger partial charge in [-0.3, -0.25) is 0 Å². The summed E-state index contributed by atoms with van der Waals surface area (Å²) in [6.07, 6.45) is 3.46. The summed E-state index contributed by atoms with van der Waals surface area (Å²) < 4.78 is 5.30. The van der Waals surface area contributed by atoms with Gasteiger partial charge in [-0.2, -0.15) is 5.26 Å². The lowest BCUT2D eigenvalue weighted by atomic mass is 9.90. The average Bonchev–Trinajstić information content (AvgIpc) is 2.81. The first-order chi connectivity index (χ1) is 5.76. The van der Waals surface area contributed by atoms with Gasteiger partial charge in [0, 0.05) is 13.2 Å². The fourth-order valence-corrected chi connectivity index (χ4v) is 2.33. The molecule has 2 fully saturated rings. The number of rotatable bonds is 1. The summed E-state index contributed by atoms with van der Waals surface area (Å²) in [5.74, 6) is 1.44. The molecule has 0 radical (unpaired) electrons. The molecule has 0 amide bonds. The van der Waals surface area contributed by atoms with Gasteiger partial charge in [0.05, 0.1) is 11.5 Å². The number of nitrogens with zero attached hydrogens (tertiary/aromatic N) is 1. The maximum atomic E-state index is 8.89. The van der Waals surface area contributed by atoms with Crippen LogP contribution < -0.4 is 0 Å². The maximum Gasteiger partial charge on any atom is 0.0689 e. The van der Waals surface area contributed by atoms with E-state index >= 15 is 0 Å². The van der Waals surface area contributed by atoms with E-state index in [4.69, 9.17) is 10.00 Å². The number of nitriles is 1. The van der Waals surface area contributed by atoms with E-state index in [1.165, 1.54) is 12.8 Å². The molecule has 12 heavy (non-hydrogen) atoms. The first-order valence-electron chi connectivity index (χ1n) is 4.75. The van der Waals surface area contributed by atoms with Gasteiger partial charge in [-0.15, -0.1) is 0 Å². The van der Waals surface area contributed by atoms with Crippen molar-refractivity contribution in [3.8, 4) is 6.07 Å². The predicted octanol–water partition coefficient (Wildman–Crippen LogP) is 1.96. The lowest BCUT2D eigenvalue weighted by molar-refractivity contribution is 0.0570. The van der Waals surface area contributed by atoms with Crippen molar-refractivity contribution in [2.45, 2.75) is 26.2 Å². The van der Waals surface area contributed by atoms with E-state index in [0.717, 1.165) is 25.6 Å². The maximum absolute atomic E-state index is 8.89. The second kappa shape index (κ2) is 2.74. The average molecular weight is 165 g/mol. The zero-order valence-electron chi connectivity index (χ0n) is 7.55. The molecule has 0 aromatic rings. The first kappa shape index (κ1) is 8.07. The fraction of sp³-hybridized carbons (Fsp3) is 0.900. The summed E-state index contributed by atoms with van der Waals surface area (Å²) in [5, 5.41) is 8.89. The highest BCUT2D eigenvalue weighted by molar-refractivity contribution is 5.14. The third-order valence-electron chi connectivity index (χ3n) is 3.39. The van der Waals surface area contributed by atoms with Gasteiger partial charge in [-0.25, -0.2) is 0 Å². The number of ether oxygens (including phenoxy) is 1. The molecule has 66 valence electrons. The highest BCUT2D eigenvalue weighted by Gasteiger charge is 2.54. The van der Waals surface area contributed by atoms with Crippen LogP contribution in [0.3, 0.4) is 0 Å². The van der Waals surface area contributed by atoms with Crippen molar-refractivity contribution in [3.63, 3.8) is 0 Å². The van der Waals surface area contributed by atoms with Gasteiger partial charge in [0.1, 0.15) is 0 Å². The van der Waals surface area contributed by atoms with Crippen molar-refractivity contribution in [2.75, 3.05) is 13.2 Å². The van der Waals surface area contributed by atoms with Crippen LogP contribution in [0.1, 0.15) is 26.2 Å². The van der Waals surface area contributed by atoms with Gasteiger partial charge in [-0.05, 0) is 38.0 Å². The van der Waals surface area contributed by atoms with Crippen molar-refractivity contribution in [2.24, 2.45) is 17.3 Å². The Labute approximate surface area is 73.5 Å². The summed E-state index contributed by atoms with van der Waals surface area (Å²) in [5.41, 5.74) is 0.0159. The van der Waals surface area contributed by atoms with Crippen molar-refractivity contribution >= 4 is 0 Å². The highest BCUT2D eigenvalue weighted by Crippen LogP contribution is 2.57. The van der Waals surface area contributed by atoms with Gasteiger partial charge in [0.2, 0.25) is 0 Å². The Morgan fingerprint density at radius 3 is 2.58 bits per heavy atom. The van der Waals surface area contributed by atoms with Crippen LogP contribution in [0.4, 0.5) is 0 Å². The third-order valence-corrected chi connectivity index (χ3v) is 3.39. The standard InChI is InChI=1S/C10H15NO/c1-10(7-11)6-9(10)8-2-4-12-5-3-8/h8-9H,2-6H2,1H3. The molecule has 0 bridgehead atoms. The molecule has 1 aliphatic heterocycles. The van der Waals surface area contributed by atoms with Crippen molar-refractivity contribution in [1.29, 1.82) is 5.26 Å². The quantitative estimate of drug-likeness (QED) is 0.595. The molecule has 1 saturated heterocycles. The first-order valence-corrected chi connectivity index (χ1v) is 4.75. The minimum Gasteiger partial charge on any atom is -0.381 e. The van der Waals surface area contributed by atoms with E-state index in [9.17, 15) is 0 Å². The van der Waals surface area contributed by atoms with Crippen LogP contribution in [0.2, 0.25) is 0 Å². The van der Waals surface area contributed by atoms with E-state index in [1.807, 2.05) is 0 Å². The Bertz CT molecular complexity index is 214. The van der Waals surface area contributed by atoms with Crippen molar-refractivity contribution in [3.05, 3.63) is 0 Å². The predicted molar refractivity (Wildman–Crippen MR) is 45.4 cm³/mol. The zero-order valence-corrected chi connectivity index (χ0v) is 7.55. The molecular formula is C10H15NO. The molecule has 2 heteroatoms. The minimum absolute atomic E-state index is 0.0159. The van der Waals surface area contributed by atoms with Crippen molar-refractivity contribution < 1.29 is 4.74 Å². The van der Waals surface area contributed by atoms with Gasteiger partial charge in [0.15, 0.2) is 0 Å². The van der Waals surface area contributed by atoms with E-state index in [-0.39, 0.29) is 5.41 Å². The van der Waals surface area contributed by atoms with E-state index in [1.54, 1.807) is 0 Å². The molecule has 0 aromatic carbocycles. The molecule has 2 rings (SSSR count). The van der Waals surface area contributed by atoms with Crippen LogP contribution in [-0.2, 0) is 4.74 Å². The topological polar surface area (TPSA) is 33.0 Å². The summed E-state index contributed by atoms with van der Waals surface area (Å²) in [7, 11) is 0. The van der Waals surface area contributed by atoms with Crippen molar-refractivity contribution in [1.82, 2.24) is 0 Å². The molecule has 2 atom stereocenters. The summed E-state index contributed by atoms with van der Waals surface area (Å²) in [6.45, 7) is 3.90. The van der Waals surface area contributed by atoms with E-state index < -0.39 is 0 Å². The SMILES string of the molecule is CC1(C#N)CC1C1CCOCC1. The van der Waals surface area contributed by atoms with Gasteiger partial charge >= 0.3 is 0 Å². The molecule has 1 saturated carbocycles. The molecule has 2 aliphatic rings. The van der Waals surface area contributed by atoms with Crippen LogP contribution in [-0.4, -0.2) is 13.2 Å². The molecule has 0 aromatic heterocycles. The Morgan fingerprint density at radius 2 is 2.08 bits per heavy atom. The molecule has 1 heterocycles. The van der Waals surface area contributed by atoms with Gasteiger partial charge < -0.3 is 4.74 Å². The molecule has 2 unspecified atom stereocenters. The smallest absolute Gasteiger partial charge is 0.0689 e. The Hall–Kier alpha value is -0.550. The Morgan fingerprint density at radius 1 is 1.42 bits per heavy atom. The Kier molecular flexibility index (Phi) is 1.84. The molecule has 0 N–H and O–H groups in total. The lowest BCUT2D eigenvalue weighted by Crippen LogP contribution is -2.19. The second-order valence-electron chi connectivity index (χ2n) is 4.29. The van der Waals surface area contributed by atoms with E-state index in [0.29, 0.717) is 5.92 Å². The van der Waals surface area contributed by atoms with Crippen LogP contribution >= 0.6 is 0 Å². The number of hydrogen-bond donors (Lipinski definition) is 0. The van der Waals surface area contributed by atoms with Crippen LogP contribution in [0.15, 0.2) is 0 Å². The third kappa shape index (κ3) is 1.23. The largest absolute Gasteiger partial charge is 0.381 e. The van der Waals surface area contributed by atoms with Gasteiger partial charge in [-0.1, -0.05) is 0 Å². The second-order valence-corrected chi connectivity index (χ2v) is 4.29. The molecular weight excluding hydrogens is 150 g/mol. The normalized spacial score (nSPS) is 42.2. The van der Waals surface area contributed by atoms with Gasteiger partial charge in [0.25, 0.3) is 0 Å². The summed E-state index contributed by atoms with van der Waals surface area (Å²) in [4.78, 5) is 0. The summed E-state index contributed by atoms with van der Waals surface area (Å²) >= 11 is 0. The monoisotopic (exact) mass is 165 g/mol. The number of hydrogen-bond acceptors (Lipinski definition) is 2. The Balaban J connectivity index is 1.91. The lowest BCUT2D eigenvalue weighted by Gasteiger charge is -2.22.